The predicted molar refractivity (Wildman–Crippen MR) is 166 cm³/mol. The molecular weight excluding hydrogens is 570 g/mol. The maximum atomic E-state index is 13.8. The minimum atomic E-state index is -1.04. The largest absolute Gasteiger partial charge is 0.478 e. The summed E-state index contributed by atoms with van der Waals surface area (Å²) in [5, 5.41) is 23.6. The van der Waals surface area contributed by atoms with Gasteiger partial charge in [0.15, 0.2) is 0 Å². The van der Waals surface area contributed by atoms with Crippen LogP contribution >= 0.6 is 12.4 Å². The maximum Gasteiger partial charge on any atom is 0.339 e. The first kappa shape index (κ1) is 32.8. The number of nitrogens with one attached hydrogen (secondary N) is 1. The van der Waals surface area contributed by atoms with Gasteiger partial charge in [0.1, 0.15) is 28.6 Å². The molecule has 1 saturated carbocycles. The van der Waals surface area contributed by atoms with Gasteiger partial charge in [0.05, 0.1) is 5.60 Å². The summed E-state index contributed by atoms with van der Waals surface area (Å²) in [5.41, 5.74) is -0.532. The van der Waals surface area contributed by atoms with Crippen LogP contribution in [0.25, 0.3) is 0 Å². The highest BCUT2D eigenvalue weighted by molar-refractivity contribution is 6.00. The molecule has 3 fully saturated rings. The molecule has 3 N–H and O–H groups in total. The number of unbranched alkanes of at least 4 members (excludes halogenated alkanes) is 1. The fourth-order valence-electron chi connectivity index (χ4n) is 6.81. The van der Waals surface area contributed by atoms with Crippen LogP contribution in [0.15, 0.2) is 48.5 Å². The summed E-state index contributed by atoms with van der Waals surface area (Å²) in [5.74, 6) is -0.312. The molecule has 2 amide bonds. The zero-order valence-corrected chi connectivity index (χ0v) is 25.7. The maximum absolute atomic E-state index is 13.8. The van der Waals surface area contributed by atoms with E-state index in [0.717, 1.165) is 37.7 Å². The van der Waals surface area contributed by atoms with Crippen LogP contribution in [-0.2, 0) is 16.1 Å². The monoisotopic (exact) mass is 613 g/mol. The van der Waals surface area contributed by atoms with Gasteiger partial charge in [-0.2, -0.15) is 0 Å². The molecule has 43 heavy (non-hydrogen) atoms. The first-order valence-electron chi connectivity index (χ1n) is 15.4. The van der Waals surface area contributed by atoms with Gasteiger partial charge in [0.2, 0.25) is 11.8 Å². The molecule has 2 aromatic carbocycles. The average Bonchev–Trinajstić information content (AvgIpc) is 2.98. The number of ether oxygens (including phenoxy) is 1. The van der Waals surface area contributed by atoms with Crippen LogP contribution in [0.4, 0.5) is 0 Å². The number of aliphatic hydroxyl groups is 1. The van der Waals surface area contributed by atoms with E-state index in [-0.39, 0.29) is 29.8 Å². The normalized spacial score (nSPS) is 21.6. The molecule has 0 bridgehead atoms. The van der Waals surface area contributed by atoms with Crippen molar-refractivity contribution in [1.29, 1.82) is 0 Å². The van der Waals surface area contributed by atoms with E-state index in [0.29, 0.717) is 69.8 Å². The molecule has 3 aliphatic rings. The van der Waals surface area contributed by atoms with Crippen LogP contribution in [0.1, 0.15) is 87.1 Å². The van der Waals surface area contributed by atoms with Crippen LogP contribution < -0.4 is 10.1 Å². The average molecular weight is 614 g/mol. The number of rotatable bonds is 10. The van der Waals surface area contributed by atoms with Gasteiger partial charge < -0.3 is 25.2 Å². The van der Waals surface area contributed by atoms with E-state index in [9.17, 15) is 24.6 Å². The Balaban J connectivity index is 0.00000423. The predicted octanol–water partition coefficient (Wildman–Crippen LogP) is 5.15. The highest BCUT2D eigenvalue weighted by atomic mass is 35.5. The van der Waals surface area contributed by atoms with Crippen molar-refractivity contribution in [3.05, 3.63) is 59.7 Å². The van der Waals surface area contributed by atoms with Gasteiger partial charge in [-0.25, -0.2) is 4.79 Å². The number of hydrogen-bond acceptors (Lipinski definition) is 6. The lowest BCUT2D eigenvalue weighted by atomic mass is 9.77. The molecule has 2 saturated heterocycles. The number of carboxylic acid groups (broad SMARTS) is 1. The molecule has 2 aliphatic heterocycles. The van der Waals surface area contributed by atoms with Crippen molar-refractivity contribution in [2.24, 2.45) is 0 Å². The molecule has 5 rings (SSSR count). The summed E-state index contributed by atoms with van der Waals surface area (Å²) in [6.45, 7) is 4.71. The Morgan fingerprint density at radius 3 is 2.33 bits per heavy atom. The van der Waals surface area contributed by atoms with E-state index in [2.05, 4.69) is 17.1 Å². The van der Waals surface area contributed by atoms with Crippen LogP contribution in [0.5, 0.6) is 11.5 Å². The smallest absolute Gasteiger partial charge is 0.339 e. The lowest BCUT2D eigenvalue weighted by Crippen LogP contribution is -2.73. The number of aromatic carboxylic acids is 1. The fourth-order valence-corrected chi connectivity index (χ4v) is 6.81. The van der Waals surface area contributed by atoms with Crippen LogP contribution in [0.3, 0.4) is 0 Å². The third kappa shape index (κ3) is 7.33. The summed E-state index contributed by atoms with van der Waals surface area (Å²) in [6.07, 6.45) is 7.60. The topological polar surface area (TPSA) is 119 Å². The van der Waals surface area contributed by atoms with Gasteiger partial charge in [-0.3, -0.25) is 14.5 Å². The van der Waals surface area contributed by atoms with Crippen molar-refractivity contribution < 1.29 is 29.3 Å². The first-order valence-corrected chi connectivity index (χ1v) is 15.4. The molecule has 2 aromatic rings. The van der Waals surface area contributed by atoms with Crippen molar-refractivity contribution in [2.75, 3.05) is 19.6 Å². The summed E-state index contributed by atoms with van der Waals surface area (Å²) >= 11 is 0. The van der Waals surface area contributed by atoms with E-state index >= 15 is 0 Å². The summed E-state index contributed by atoms with van der Waals surface area (Å²) in [7, 11) is 0. The molecule has 9 nitrogen and oxygen atoms in total. The highest BCUT2D eigenvalue weighted by Crippen LogP contribution is 2.38. The van der Waals surface area contributed by atoms with Crippen LogP contribution in [-0.4, -0.2) is 74.6 Å². The number of hydrogen-bond donors (Lipinski definition) is 3. The second kappa shape index (κ2) is 14.1. The number of piperidine rings is 1. The Morgan fingerprint density at radius 2 is 1.67 bits per heavy atom. The fraction of sp³-hybridized carbons (Fsp3) is 0.545. The third-order valence-corrected chi connectivity index (χ3v) is 9.27. The van der Waals surface area contributed by atoms with Crippen molar-refractivity contribution in [3.63, 3.8) is 0 Å². The van der Waals surface area contributed by atoms with Gasteiger partial charge in [-0.15, -0.1) is 12.4 Å². The van der Waals surface area contributed by atoms with Crippen molar-refractivity contribution in [3.8, 4) is 11.5 Å². The lowest BCUT2D eigenvalue weighted by molar-refractivity contribution is -0.163. The summed E-state index contributed by atoms with van der Waals surface area (Å²) < 4.78 is 5.83. The number of likely N-dealkylation sites (tertiary alicyclic amines) is 1. The second-order valence-electron chi connectivity index (χ2n) is 12.2. The summed E-state index contributed by atoms with van der Waals surface area (Å²) in [4.78, 5) is 43.1. The number of carbonyl (C=O) groups is 3. The Morgan fingerprint density at radius 1 is 1.00 bits per heavy atom. The third-order valence-electron chi connectivity index (χ3n) is 9.27. The molecule has 0 radical (unpaired) electrons. The number of benzene rings is 2. The number of piperazine rings is 1. The molecule has 234 valence electrons. The van der Waals surface area contributed by atoms with Gasteiger partial charge in [0, 0.05) is 32.6 Å². The second-order valence-corrected chi connectivity index (χ2v) is 12.2. The van der Waals surface area contributed by atoms with Gasteiger partial charge in [0.25, 0.3) is 0 Å². The van der Waals surface area contributed by atoms with Gasteiger partial charge >= 0.3 is 5.97 Å². The molecule has 10 heteroatoms. The highest BCUT2D eigenvalue weighted by Gasteiger charge is 2.54. The Bertz CT molecular complexity index is 1270. The number of carbonyl (C=O) groups excluding carboxylic acids is 2. The number of halogens is 1. The standard InChI is InChI=1S/C33H43N3O6.ClH/c1-2-3-19-36-29(37)27(22-32(41)15-7-4-8-16-32)34-31(40)33(36)17-20-35(21-18-33)23-24-11-13-25(14-12-24)42-28-10-6-5-9-26(28)30(38)39;/h5-6,9-14,27,41H,2-4,7-8,15-23H2,1H3,(H,34,40)(H,38,39);1H/t27-;/m1./s1. The number of nitrogens with zero attached hydrogens (tertiary/aromatic N) is 2. The number of amides is 2. The zero-order chi connectivity index (χ0) is 29.7. The van der Waals surface area contributed by atoms with Crippen molar-refractivity contribution in [2.45, 2.75) is 94.9 Å². The molecule has 1 aliphatic carbocycles. The quantitative estimate of drug-likeness (QED) is 0.339. The number of carboxylic acids is 1. The van der Waals surface area contributed by atoms with Crippen LogP contribution in [0, 0.1) is 0 Å². The minimum Gasteiger partial charge on any atom is -0.478 e. The van der Waals surface area contributed by atoms with Gasteiger partial charge in [-0.05, 0) is 61.9 Å². The zero-order valence-electron chi connectivity index (χ0n) is 24.9. The first-order chi connectivity index (χ1) is 20.2. The minimum absolute atomic E-state index is 0. The molecule has 2 heterocycles. The summed E-state index contributed by atoms with van der Waals surface area (Å²) in [6, 6.07) is 13.5. The molecule has 1 atom stereocenters. The lowest BCUT2D eigenvalue weighted by Gasteiger charge is -2.52. The van der Waals surface area contributed by atoms with E-state index in [1.165, 1.54) is 6.07 Å². The van der Waals surface area contributed by atoms with Crippen molar-refractivity contribution >= 4 is 30.2 Å². The molecule has 1 spiro atoms. The Hall–Kier alpha value is -3.14. The van der Waals surface area contributed by atoms with E-state index < -0.39 is 23.2 Å². The SMILES string of the molecule is CCCCN1C(=O)[C@@H](CC2(O)CCCCC2)NC(=O)C12CCN(Cc1ccc(Oc3ccccc3C(=O)O)cc1)CC2.Cl. The van der Waals surface area contributed by atoms with E-state index in [1.54, 1.807) is 18.2 Å². The Labute approximate surface area is 260 Å². The number of para-hydroxylation sites is 1. The van der Waals surface area contributed by atoms with E-state index in [4.69, 9.17) is 4.74 Å². The molecular formula is C33H44ClN3O6. The van der Waals surface area contributed by atoms with E-state index in [1.807, 2.05) is 29.2 Å². The molecule has 0 aromatic heterocycles. The van der Waals surface area contributed by atoms with Crippen molar-refractivity contribution in [1.82, 2.24) is 15.1 Å². The van der Waals surface area contributed by atoms with Gasteiger partial charge in [-0.1, -0.05) is 56.9 Å². The molecule has 0 unspecified atom stereocenters. The van der Waals surface area contributed by atoms with Crippen LogP contribution in [0.2, 0.25) is 0 Å². The Kier molecular flexibility index (Phi) is 10.7.